The smallest absolute Gasteiger partial charge is 0.314 e. The average molecular weight is 259 g/mol. The second-order valence-electron chi connectivity index (χ2n) is 6.24. The van der Waals surface area contributed by atoms with Crippen LogP contribution < -0.4 is 5.32 Å². The maximum atomic E-state index is 11.2. The third-order valence-electron chi connectivity index (χ3n) is 5.35. The lowest BCUT2D eigenvalue weighted by Gasteiger charge is -2.11. The van der Waals surface area contributed by atoms with Crippen molar-refractivity contribution in [2.24, 2.45) is 23.7 Å². The first-order chi connectivity index (χ1) is 9.16. The van der Waals surface area contributed by atoms with E-state index in [0.29, 0.717) is 17.4 Å². The molecule has 3 aliphatic carbocycles. The Morgan fingerprint density at radius 3 is 2.68 bits per heavy atom. The molecule has 0 aliphatic heterocycles. The van der Waals surface area contributed by atoms with Crippen molar-refractivity contribution in [2.45, 2.75) is 32.2 Å². The zero-order valence-electron chi connectivity index (χ0n) is 10.9. The van der Waals surface area contributed by atoms with E-state index < -0.39 is 0 Å². The van der Waals surface area contributed by atoms with E-state index in [1.54, 1.807) is 19.2 Å². The highest BCUT2D eigenvalue weighted by Gasteiger charge is 2.65. The molecule has 2 bridgehead atoms. The molecule has 1 heterocycles. The molecule has 1 aromatic heterocycles. The summed E-state index contributed by atoms with van der Waals surface area (Å²) in [6.07, 6.45) is 5.75. The zero-order valence-corrected chi connectivity index (χ0v) is 10.9. The standard InChI is InChI=1S/C14H17N3O2/c1-7-4-5-15-14(13(7)17(18)19)16-12-10-8-2-3-9(6-8)11(10)12/h4-5,8-12H,2-3,6H2,1H3,(H,15,16). The molecule has 4 unspecified atom stereocenters. The Morgan fingerprint density at radius 1 is 1.37 bits per heavy atom. The summed E-state index contributed by atoms with van der Waals surface area (Å²) >= 11 is 0. The summed E-state index contributed by atoms with van der Waals surface area (Å²) in [7, 11) is 0. The van der Waals surface area contributed by atoms with Gasteiger partial charge in [0.15, 0.2) is 0 Å². The summed E-state index contributed by atoms with van der Waals surface area (Å²) in [6, 6.07) is 2.13. The van der Waals surface area contributed by atoms with E-state index in [-0.39, 0.29) is 10.6 Å². The first kappa shape index (κ1) is 11.2. The molecular formula is C14H17N3O2. The molecule has 3 saturated carbocycles. The molecule has 100 valence electrons. The van der Waals surface area contributed by atoms with Gasteiger partial charge in [0.05, 0.1) is 4.92 Å². The van der Waals surface area contributed by atoms with E-state index in [4.69, 9.17) is 0 Å². The molecule has 19 heavy (non-hydrogen) atoms. The predicted molar refractivity (Wildman–Crippen MR) is 70.9 cm³/mol. The van der Waals surface area contributed by atoms with Crippen LogP contribution in [-0.2, 0) is 0 Å². The van der Waals surface area contributed by atoms with Crippen LogP contribution in [0.15, 0.2) is 12.3 Å². The number of nitro groups is 1. The van der Waals surface area contributed by atoms with Gasteiger partial charge in [0.2, 0.25) is 5.82 Å². The molecule has 0 spiro atoms. The van der Waals surface area contributed by atoms with E-state index in [9.17, 15) is 10.1 Å². The fourth-order valence-corrected chi connectivity index (χ4v) is 4.56. The van der Waals surface area contributed by atoms with Crippen LogP contribution >= 0.6 is 0 Å². The summed E-state index contributed by atoms with van der Waals surface area (Å²) in [5, 5.41) is 14.5. The first-order valence-electron chi connectivity index (χ1n) is 7.03. The topological polar surface area (TPSA) is 68.1 Å². The van der Waals surface area contributed by atoms with Gasteiger partial charge in [0.25, 0.3) is 0 Å². The molecule has 3 aliphatic rings. The third kappa shape index (κ3) is 1.50. The lowest BCUT2D eigenvalue weighted by Crippen LogP contribution is -2.15. The average Bonchev–Trinajstić information content (AvgIpc) is 2.78. The third-order valence-corrected chi connectivity index (χ3v) is 5.35. The van der Waals surface area contributed by atoms with Crippen LogP contribution in [0.3, 0.4) is 0 Å². The quantitative estimate of drug-likeness (QED) is 0.669. The molecule has 0 radical (unpaired) electrons. The Hall–Kier alpha value is -1.65. The van der Waals surface area contributed by atoms with Gasteiger partial charge in [-0.25, -0.2) is 4.98 Å². The van der Waals surface area contributed by atoms with Crippen LogP contribution in [0.25, 0.3) is 0 Å². The number of aryl methyl sites for hydroxylation is 1. The summed E-state index contributed by atoms with van der Waals surface area (Å²) in [4.78, 5) is 15.0. The van der Waals surface area contributed by atoms with Gasteiger partial charge in [-0.2, -0.15) is 0 Å². The molecule has 3 fully saturated rings. The highest BCUT2D eigenvalue weighted by Crippen LogP contribution is 2.66. The second-order valence-corrected chi connectivity index (χ2v) is 6.24. The van der Waals surface area contributed by atoms with Crippen molar-refractivity contribution in [2.75, 3.05) is 5.32 Å². The molecule has 1 N–H and O–H groups in total. The van der Waals surface area contributed by atoms with Gasteiger partial charge in [-0.3, -0.25) is 10.1 Å². The number of hydrogen-bond acceptors (Lipinski definition) is 4. The van der Waals surface area contributed by atoms with Crippen molar-refractivity contribution in [1.82, 2.24) is 4.98 Å². The molecule has 4 rings (SSSR count). The minimum absolute atomic E-state index is 0.139. The van der Waals surface area contributed by atoms with Crippen molar-refractivity contribution in [3.05, 3.63) is 27.9 Å². The Bertz CT molecular complexity index is 544. The van der Waals surface area contributed by atoms with E-state index in [0.717, 1.165) is 23.7 Å². The number of hydrogen-bond donors (Lipinski definition) is 1. The monoisotopic (exact) mass is 259 g/mol. The van der Waals surface area contributed by atoms with Crippen molar-refractivity contribution >= 4 is 11.5 Å². The second kappa shape index (κ2) is 3.68. The summed E-state index contributed by atoms with van der Waals surface area (Å²) in [6.45, 7) is 1.77. The Labute approximate surface area is 111 Å². The number of aromatic nitrogens is 1. The summed E-state index contributed by atoms with van der Waals surface area (Å²) < 4.78 is 0. The summed E-state index contributed by atoms with van der Waals surface area (Å²) in [5.74, 6) is 3.68. The molecule has 1 aromatic rings. The number of fused-ring (bicyclic) bond motifs is 5. The summed E-state index contributed by atoms with van der Waals surface area (Å²) in [5.41, 5.74) is 0.816. The van der Waals surface area contributed by atoms with Crippen LogP contribution in [-0.4, -0.2) is 15.9 Å². The molecule has 0 aromatic carbocycles. The van der Waals surface area contributed by atoms with Crippen LogP contribution in [0.5, 0.6) is 0 Å². The largest absolute Gasteiger partial charge is 0.361 e. The van der Waals surface area contributed by atoms with Crippen molar-refractivity contribution in [3.63, 3.8) is 0 Å². The van der Waals surface area contributed by atoms with E-state index in [2.05, 4.69) is 10.3 Å². The SMILES string of the molecule is Cc1ccnc(NC2C3C4CCC(C4)C23)c1[N+](=O)[O-]. The lowest BCUT2D eigenvalue weighted by molar-refractivity contribution is -0.384. The van der Waals surface area contributed by atoms with Gasteiger partial charge in [0, 0.05) is 17.8 Å². The first-order valence-corrected chi connectivity index (χ1v) is 7.03. The maximum absolute atomic E-state index is 11.2. The Balaban J connectivity index is 1.59. The Kier molecular flexibility index (Phi) is 2.17. The van der Waals surface area contributed by atoms with Crippen LogP contribution in [0.4, 0.5) is 11.5 Å². The number of anilines is 1. The van der Waals surface area contributed by atoms with E-state index in [1.807, 2.05) is 0 Å². The normalized spacial score (nSPS) is 38.1. The molecule has 5 nitrogen and oxygen atoms in total. The van der Waals surface area contributed by atoms with E-state index >= 15 is 0 Å². The zero-order chi connectivity index (χ0) is 13.1. The molecular weight excluding hydrogens is 242 g/mol. The van der Waals surface area contributed by atoms with Gasteiger partial charge >= 0.3 is 5.69 Å². The van der Waals surface area contributed by atoms with Gasteiger partial charge in [-0.05, 0) is 55.9 Å². The van der Waals surface area contributed by atoms with E-state index in [1.165, 1.54) is 19.3 Å². The molecule has 0 amide bonds. The lowest BCUT2D eigenvalue weighted by atomic mass is 10.0. The van der Waals surface area contributed by atoms with Gasteiger partial charge in [-0.1, -0.05) is 0 Å². The maximum Gasteiger partial charge on any atom is 0.314 e. The highest BCUT2D eigenvalue weighted by molar-refractivity contribution is 5.61. The number of nitrogens with zero attached hydrogens (tertiary/aromatic N) is 2. The highest BCUT2D eigenvalue weighted by atomic mass is 16.6. The minimum atomic E-state index is -0.322. The molecule has 5 heteroatoms. The number of rotatable bonds is 3. The minimum Gasteiger partial charge on any atom is -0.361 e. The van der Waals surface area contributed by atoms with Gasteiger partial charge in [-0.15, -0.1) is 0 Å². The fourth-order valence-electron chi connectivity index (χ4n) is 4.56. The van der Waals surface area contributed by atoms with Gasteiger partial charge in [0.1, 0.15) is 0 Å². The van der Waals surface area contributed by atoms with Crippen LogP contribution in [0, 0.1) is 40.7 Å². The molecule has 0 saturated heterocycles. The number of nitrogens with one attached hydrogen (secondary N) is 1. The number of pyridine rings is 1. The molecule has 4 atom stereocenters. The predicted octanol–water partition coefficient (Wildman–Crippen LogP) is 2.75. The Morgan fingerprint density at radius 2 is 2.05 bits per heavy atom. The van der Waals surface area contributed by atoms with Crippen LogP contribution in [0.1, 0.15) is 24.8 Å². The van der Waals surface area contributed by atoms with Crippen molar-refractivity contribution in [1.29, 1.82) is 0 Å². The van der Waals surface area contributed by atoms with Crippen LogP contribution in [0.2, 0.25) is 0 Å². The van der Waals surface area contributed by atoms with Crippen molar-refractivity contribution in [3.8, 4) is 0 Å². The van der Waals surface area contributed by atoms with Gasteiger partial charge < -0.3 is 5.32 Å². The fraction of sp³-hybridized carbons (Fsp3) is 0.643. The van der Waals surface area contributed by atoms with Crippen molar-refractivity contribution < 1.29 is 4.92 Å².